The average molecular weight is 367 g/mol. The number of aryl methyl sites for hydroxylation is 1. The van der Waals surface area contributed by atoms with Crippen LogP contribution in [0, 0.1) is 18.8 Å². The van der Waals surface area contributed by atoms with Crippen LogP contribution in [0.2, 0.25) is 0 Å². The van der Waals surface area contributed by atoms with E-state index in [1.54, 1.807) is 0 Å². The Balaban J connectivity index is 2.31. The molecule has 1 heterocycles. The predicted octanol–water partition coefficient (Wildman–Crippen LogP) is 5.79. The minimum Gasteiger partial charge on any atom is -0.315 e. The van der Waals surface area contributed by atoms with Gasteiger partial charge in [-0.2, -0.15) is 0 Å². The molecule has 1 amide bonds. The Morgan fingerprint density at radius 2 is 2.08 bits per heavy atom. The maximum Gasteiger partial charge on any atom is 0.300 e. The van der Waals surface area contributed by atoms with Crippen molar-refractivity contribution >= 4 is 28.2 Å². The third-order valence-electron chi connectivity index (χ3n) is 3.79. The monoisotopic (exact) mass is 366 g/mol. The van der Waals surface area contributed by atoms with Crippen molar-refractivity contribution in [2.75, 3.05) is 5.32 Å². The number of allylic oxidation sites excluding steroid dienone is 1. The van der Waals surface area contributed by atoms with Gasteiger partial charge >= 0.3 is 0 Å². The van der Waals surface area contributed by atoms with Crippen molar-refractivity contribution in [3.05, 3.63) is 53.9 Å². The summed E-state index contributed by atoms with van der Waals surface area (Å²) in [6.45, 7) is 5.97. The highest BCUT2D eigenvalue weighted by Crippen LogP contribution is 2.29. The number of nitrogens with one attached hydrogen (secondary N) is 1. The molecule has 1 aromatic carbocycles. The van der Waals surface area contributed by atoms with Crippen molar-refractivity contribution < 1.29 is 4.79 Å². The Labute approximate surface area is 160 Å². The summed E-state index contributed by atoms with van der Waals surface area (Å²) in [5.74, 6) is 5.01. The largest absolute Gasteiger partial charge is 0.315 e. The second kappa shape index (κ2) is 9.79. The number of rotatable bonds is 5. The smallest absolute Gasteiger partial charge is 0.300 e. The summed E-state index contributed by atoms with van der Waals surface area (Å²) in [7, 11) is 0. The average Bonchev–Trinajstić information content (AvgIpc) is 2.65. The number of nitrogens with zero attached hydrogens (tertiary/aromatic N) is 1. The Morgan fingerprint density at radius 3 is 2.81 bits per heavy atom. The van der Waals surface area contributed by atoms with Crippen molar-refractivity contribution in [3.63, 3.8) is 0 Å². The number of amides is 1. The van der Waals surface area contributed by atoms with Crippen LogP contribution in [0.4, 0.5) is 5.69 Å². The number of carbonyl (C=O) groups is 1. The lowest BCUT2D eigenvalue weighted by molar-refractivity contribution is -0.111. The van der Waals surface area contributed by atoms with E-state index in [4.69, 9.17) is 11.6 Å². The number of carbonyl (C=O) groups excluding carboxylic acids is 1. The quantitative estimate of drug-likeness (QED) is 0.680. The first kappa shape index (κ1) is 19.8. The minimum atomic E-state index is -0.308. The van der Waals surface area contributed by atoms with Gasteiger partial charge in [-0.05, 0) is 43.0 Å². The summed E-state index contributed by atoms with van der Waals surface area (Å²) in [5, 5.41) is 3.51. The number of hydrogen-bond donors (Lipinski definition) is 1. The second-order valence-electron chi connectivity index (χ2n) is 5.89. The summed E-state index contributed by atoms with van der Waals surface area (Å²) in [4.78, 5) is 16.3. The maximum absolute atomic E-state index is 11.8. The predicted molar refractivity (Wildman–Crippen MR) is 110 cm³/mol. The van der Waals surface area contributed by atoms with Gasteiger partial charge in [0.25, 0.3) is 5.91 Å². The molecule has 1 N–H and O–H groups in total. The Bertz CT molecular complexity index is 875. The SMILES string of the molecule is CCC#CC(=O)Nc1cccc(-c2cnc(C)c(/C(Cl)=C\CCC)c2)c1. The lowest BCUT2D eigenvalue weighted by Gasteiger charge is -2.09. The van der Waals surface area contributed by atoms with Crippen LogP contribution in [0.5, 0.6) is 0 Å². The second-order valence-corrected chi connectivity index (χ2v) is 6.30. The van der Waals surface area contributed by atoms with Gasteiger partial charge in [-0.1, -0.05) is 56.0 Å². The zero-order chi connectivity index (χ0) is 18.9. The topological polar surface area (TPSA) is 42.0 Å². The Hall–Kier alpha value is -2.57. The van der Waals surface area contributed by atoms with Gasteiger partial charge in [-0.25, -0.2) is 0 Å². The molecule has 0 unspecified atom stereocenters. The number of benzene rings is 1. The maximum atomic E-state index is 11.8. The molecule has 0 saturated carbocycles. The van der Waals surface area contributed by atoms with Gasteiger partial charge in [0.2, 0.25) is 0 Å². The summed E-state index contributed by atoms with van der Waals surface area (Å²) >= 11 is 6.45. The highest BCUT2D eigenvalue weighted by atomic mass is 35.5. The first-order valence-electron chi connectivity index (χ1n) is 8.78. The van der Waals surface area contributed by atoms with E-state index in [-0.39, 0.29) is 5.91 Å². The number of halogens is 1. The van der Waals surface area contributed by atoms with E-state index in [0.29, 0.717) is 12.1 Å². The van der Waals surface area contributed by atoms with Crippen LogP contribution >= 0.6 is 11.6 Å². The summed E-state index contributed by atoms with van der Waals surface area (Å²) in [5.41, 5.74) is 4.43. The number of pyridine rings is 1. The van der Waals surface area contributed by atoms with E-state index in [0.717, 1.165) is 40.3 Å². The van der Waals surface area contributed by atoms with Gasteiger partial charge in [0.05, 0.1) is 0 Å². The van der Waals surface area contributed by atoms with Crippen LogP contribution in [-0.2, 0) is 4.79 Å². The van der Waals surface area contributed by atoms with Crippen LogP contribution in [0.3, 0.4) is 0 Å². The van der Waals surface area contributed by atoms with Crippen molar-refractivity contribution in [3.8, 4) is 23.0 Å². The fourth-order valence-corrected chi connectivity index (χ4v) is 2.72. The van der Waals surface area contributed by atoms with Gasteiger partial charge in [0.1, 0.15) is 0 Å². The standard InChI is InChI=1S/C22H23ClN2O/c1-4-6-11-21(23)20-14-18(15-24-16(20)3)17-9-8-10-19(13-17)25-22(26)12-7-5-2/h8-11,13-15H,4-6H2,1-3H3,(H,25,26)/b21-11+. The van der Waals surface area contributed by atoms with Crippen LogP contribution in [0.25, 0.3) is 16.2 Å². The van der Waals surface area contributed by atoms with E-state index in [9.17, 15) is 4.79 Å². The lowest BCUT2D eigenvalue weighted by Crippen LogP contribution is -2.08. The zero-order valence-corrected chi connectivity index (χ0v) is 16.2. The number of aromatic nitrogens is 1. The molecule has 0 fully saturated rings. The summed E-state index contributed by atoms with van der Waals surface area (Å²) < 4.78 is 0. The number of anilines is 1. The van der Waals surface area contributed by atoms with Crippen LogP contribution in [0.1, 0.15) is 44.4 Å². The van der Waals surface area contributed by atoms with Gasteiger partial charge < -0.3 is 5.32 Å². The molecular weight excluding hydrogens is 344 g/mol. The molecule has 0 bridgehead atoms. The molecule has 0 radical (unpaired) electrons. The number of unbranched alkanes of at least 4 members (excludes halogenated alkanes) is 1. The van der Waals surface area contributed by atoms with E-state index >= 15 is 0 Å². The molecular formula is C22H23ClN2O. The molecule has 0 aliphatic carbocycles. The molecule has 0 spiro atoms. The fourth-order valence-electron chi connectivity index (χ4n) is 2.42. The molecule has 4 heteroatoms. The van der Waals surface area contributed by atoms with Crippen LogP contribution in [0.15, 0.2) is 42.6 Å². The Kier molecular flexibility index (Phi) is 7.44. The van der Waals surface area contributed by atoms with Crippen molar-refractivity contribution in [2.45, 2.75) is 40.0 Å². The summed E-state index contributed by atoms with van der Waals surface area (Å²) in [6, 6.07) is 9.66. The molecule has 2 rings (SSSR count). The summed E-state index contributed by atoms with van der Waals surface area (Å²) in [6.07, 6.45) is 6.48. The first-order chi connectivity index (χ1) is 12.5. The molecule has 134 valence electrons. The van der Waals surface area contributed by atoms with Crippen LogP contribution in [-0.4, -0.2) is 10.9 Å². The first-order valence-corrected chi connectivity index (χ1v) is 9.15. The van der Waals surface area contributed by atoms with E-state index < -0.39 is 0 Å². The molecule has 2 aromatic rings. The molecule has 0 atom stereocenters. The molecule has 0 aliphatic heterocycles. The molecule has 3 nitrogen and oxygen atoms in total. The Morgan fingerprint density at radius 1 is 1.27 bits per heavy atom. The zero-order valence-electron chi connectivity index (χ0n) is 15.4. The minimum absolute atomic E-state index is 0.308. The fraction of sp³-hybridized carbons (Fsp3) is 0.273. The van der Waals surface area contributed by atoms with Crippen LogP contribution < -0.4 is 5.32 Å². The van der Waals surface area contributed by atoms with Gasteiger partial charge in [0, 0.05) is 40.2 Å². The van der Waals surface area contributed by atoms with Crippen molar-refractivity contribution in [2.24, 2.45) is 0 Å². The van der Waals surface area contributed by atoms with Crippen molar-refractivity contribution in [1.82, 2.24) is 4.98 Å². The van der Waals surface area contributed by atoms with Gasteiger partial charge in [-0.15, -0.1) is 0 Å². The third-order valence-corrected chi connectivity index (χ3v) is 4.15. The number of hydrogen-bond acceptors (Lipinski definition) is 2. The molecule has 26 heavy (non-hydrogen) atoms. The normalized spacial score (nSPS) is 10.8. The molecule has 0 saturated heterocycles. The van der Waals surface area contributed by atoms with E-state index in [1.807, 2.05) is 56.5 Å². The highest BCUT2D eigenvalue weighted by Gasteiger charge is 2.08. The van der Waals surface area contributed by atoms with Gasteiger partial charge in [0.15, 0.2) is 0 Å². The highest BCUT2D eigenvalue weighted by molar-refractivity contribution is 6.48. The van der Waals surface area contributed by atoms with E-state index in [1.165, 1.54) is 0 Å². The molecule has 1 aromatic heterocycles. The molecule has 0 aliphatic rings. The van der Waals surface area contributed by atoms with Crippen molar-refractivity contribution in [1.29, 1.82) is 0 Å². The lowest BCUT2D eigenvalue weighted by atomic mass is 10.0. The van der Waals surface area contributed by atoms with Gasteiger partial charge in [-0.3, -0.25) is 9.78 Å². The van der Waals surface area contributed by atoms with E-state index in [2.05, 4.69) is 29.1 Å². The third kappa shape index (κ3) is 5.47.